The van der Waals surface area contributed by atoms with Crippen LogP contribution >= 0.6 is 0 Å². The van der Waals surface area contributed by atoms with Crippen molar-refractivity contribution in [3.63, 3.8) is 0 Å². The van der Waals surface area contributed by atoms with Gasteiger partial charge in [0.15, 0.2) is 0 Å². The zero-order valence-electron chi connectivity index (χ0n) is 25.2. The van der Waals surface area contributed by atoms with Crippen LogP contribution in [0.15, 0.2) is 24.3 Å². The molecule has 0 aromatic heterocycles. The number of aliphatic carboxylic acids is 1. The van der Waals surface area contributed by atoms with Crippen LogP contribution < -0.4 is 15.4 Å². The van der Waals surface area contributed by atoms with Gasteiger partial charge in [-0.1, -0.05) is 50.3 Å². The van der Waals surface area contributed by atoms with Gasteiger partial charge < -0.3 is 30.1 Å². The molecule has 1 aliphatic carbocycles. The number of nitrogens with zero attached hydrogens (tertiary/aromatic N) is 2. The van der Waals surface area contributed by atoms with E-state index in [1.807, 2.05) is 24.3 Å². The van der Waals surface area contributed by atoms with E-state index in [0.717, 1.165) is 43.9 Å². The second-order valence-electron chi connectivity index (χ2n) is 11.9. The maximum Gasteiger partial charge on any atom is 0.408 e. The van der Waals surface area contributed by atoms with Gasteiger partial charge in [0.25, 0.3) is 0 Å². The number of hydrogen-bond acceptors (Lipinski definition) is 8. The lowest BCUT2D eigenvalue weighted by molar-refractivity contribution is -0.142. The maximum atomic E-state index is 13.4. The van der Waals surface area contributed by atoms with Gasteiger partial charge in [-0.2, -0.15) is 0 Å². The summed E-state index contributed by atoms with van der Waals surface area (Å²) in [6, 6.07) is 5.10. The predicted octanol–water partition coefficient (Wildman–Crippen LogP) is 2.25. The summed E-state index contributed by atoms with van der Waals surface area (Å²) in [6.07, 6.45) is 5.62. The lowest BCUT2D eigenvalue weighted by Gasteiger charge is -2.31. The van der Waals surface area contributed by atoms with Crippen molar-refractivity contribution in [1.82, 2.24) is 19.8 Å². The summed E-state index contributed by atoms with van der Waals surface area (Å²) in [7, 11) is -3.33. The van der Waals surface area contributed by atoms with Gasteiger partial charge >= 0.3 is 12.1 Å². The summed E-state index contributed by atoms with van der Waals surface area (Å²) in [5.41, 5.74) is 0.867. The summed E-state index contributed by atoms with van der Waals surface area (Å²) in [5, 5.41) is 15.1. The largest absolute Gasteiger partial charge is 0.491 e. The Kier molecular flexibility index (Phi) is 11.8. The van der Waals surface area contributed by atoms with Crippen molar-refractivity contribution in [2.45, 2.75) is 88.9 Å². The van der Waals surface area contributed by atoms with Crippen LogP contribution in [0, 0.1) is 5.92 Å². The number of carboxylic acids is 1. The molecule has 1 saturated heterocycles. The first kappa shape index (κ1) is 33.5. The van der Waals surface area contributed by atoms with E-state index < -0.39 is 46.2 Å². The van der Waals surface area contributed by atoms with E-state index in [9.17, 15) is 32.7 Å². The van der Waals surface area contributed by atoms with Crippen molar-refractivity contribution in [1.29, 1.82) is 0 Å². The fourth-order valence-electron chi connectivity index (χ4n) is 6.09. The molecule has 244 valence electrons. The number of carboxylic acid groups (broad SMARTS) is 1. The van der Waals surface area contributed by atoms with Crippen LogP contribution in [0.4, 0.5) is 4.79 Å². The number of alkyl carbamates (subject to hydrolysis) is 1. The number of piperidine rings is 1. The van der Waals surface area contributed by atoms with Crippen molar-refractivity contribution in [3.05, 3.63) is 29.8 Å². The number of para-hydroxylation sites is 1. The molecule has 2 heterocycles. The quantitative estimate of drug-likeness (QED) is 0.329. The minimum atomic E-state index is -3.33. The van der Waals surface area contributed by atoms with Crippen LogP contribution in [0.5, 0.6) is 5.75 Å². The van der Waals surface area contributed by atoms with E-state index >= 15 is 0 Å². The molecule has 3 amide bonds. The van der Waals surface area contributed by atoms with Gasteiger partial charge in [-0.3, -0.25) is 9.59 Å². The molecule has 13 nitrogen and oxygen atoms in total. The Labute approximate surface area is 258 Å². The number of benzene rings is 1. The monoisotopic (exact) mass is 636 g/mol. The van der Waals surface area contributed by atoms with Gasteiger partial charge in [0, 0.05) is 31.6 Å². The molecule has 0 spiro atoms. The van der Waals surface area contributed by atoms with E-state index in [4.69, 9.17) is 9.47 Å². The smallest absolute Gasteiger partial charge is 0.408 e. The zero-order chi connectivity index (χ0) is 31.7. The van der Waals surface area contributed by atoms with Gasteiger partial charge in [0.05, 0.1) is 12.8 Å². The van der Waals surface area contributed by atoms with Crippen LogP contribution in [0.1, 0.15) is 69.8 Å². The molecular weight excluding hydrogens is 592 g/mol. The molecule has 2 atom stereocenters. The highest BCUT2D eigenvalue weighted by Crippen LogP contribution is 2.28. The molecule has 1 aromatic carbocycles. The molecule has 44 heavy (non-hydrogen) atoms. The Morgan fingerprint density at radius 1 is 1.00 bits per heavy atom. The summed E-state index contributed by atoms with van der Waals surface area (Å²) in [4.78, 5) is 53.0. The standard InChI is InChI=1S/C30H44N4O9S/c1-44(40,41)34-15-13-23(14-16-34)43-30(39)32-25(19-21-7-3-2-4-8-21)28(36)31-24(29(37)38)11-12-27(35)33-17-18-42-26-10-6-5-9-22(26)20-33/h5-6,9-10,21,23-25H,2-4,7-8,11-20H2,1H3,(H,31,36)(H,32,39)(H,37,38). The molecule has 2 aliphatic heterocycles. The highest BCUT2D eigenvalue weighted by Gasteiger charge is 2.32. The number of fused-ring (bicyclic) bond motifs is 1. The van der Waals surface area contributed by atoms with Gasteiger partial charge in [0.2, 0.25) is 21.8 Å². The molecule has 14 heteroatoms. The van der Waals surface area contributed by atoms with Crippen molar-refractivity contribution in [3.8, 4) is 5.75 Å². The average molecular weight is 637 g/mol. The van der Waals surface area contributed by atoms with Gasteiger partial charge in [-0.15, -0.1) is 0 Å². The predicted molar refractivity (Wildman–Crippen MR) is 160 cm³/mol. The normalized spacial score (nSPS) is 19.9. The van der Waals surface area contributed by atoms with Crippen molar-refractivity contribution < 1.29 is 42.2 Å². The molecule has 2 fully saturated rings. The lowest BCUT2D eigenvalue weighted by atomic mass is 9.84. The summed E-state index contributed by atoms with van der Waals surface area (Å²) >= 11 is 0. The summed E-state index contributed by atoms with van der Waals surface area (Å²) in [6.45, 7) is 1.50. The Morgan fingerprint density at radius 2 is 1.70 bits per heavy atom. The van der Waals surface area contributed by atoms with E-state index in [2.05, 4.69) is 10.6 Å². The molecule has 3 aliphatic rings. The molecule has 3 N–H and O–H groups in total. The van der Waals surface area contributed by atoms with E-state index in [1.165, 1.54) is 4.31 Å². The van der Waals surface area contributed by atoms with E-state index in [-0.39, 0.29) is 37.8 Å². The zero-order valence-corrected chi connectivity index (χ0v) is 26.1. The number of ether oxygens (including phenoxy) is 2. The van der Waals surface area contributed by atoms with Gasteiger partial charge in [-0.25, -0.2) is 22.3 Å². The number of hydrogen-bond donors (Lipinski definition) is 3. The van der Waals surface area contributed by atoms with Gasteiger partial charge in [0.1, 0.15) is 30.5 Å². The third-order valence-electron chi connectivity index (χ3n) is 8.61. The van der Waals surface area contributed by atoms with E-state index in [1.54, 1.807) is 4.90 Å². The molecule has 0 bridgehead atoms. The second-order valence-corrected chi connectivity index (χ2v) is 13.9. The molecule has 4 rings (SSSR count). The van der Waals surface area contributed by atoms with Crippen LogP contribution in [-0.2, 0) is 35.7 Å². The second kappa shape index (κ2) is 15.6. The summed E-state index contributed by atoms with van der Waals surface area (Å²) < 4.78 is 36.1. The van der Waals surface area contributed by atoms with E-state index in [0.29, 0.717) is 44.7 Å². The Morgan fingerprint density at radius 3 is 2.39 bits per heavy atom. The Balaban J connectivity index is 1.33. The fraction of sp³-hybridized carbons (Fsp3) is 0.667. The minimum Gasteiger partial charge on any atom is -0.491 e. The molecule has 2 unspecified atom stereocenters. The van der Waals surface area contributed by atoms with Crippen LogP contribution in [0.2, 0.25) is 0 Å². The lowest BCUT2D eigenvalue weighted by Crippen LogP contribution is -2.53. The first-order valence-electron chi connectivity index (χ1n) is 15.4. The molecule has 0 radical (unpaired) electrons. The number of rotatable bonds is 11. The highest BCUT2D eigenvalue weighted by molar-refractivity contribution is 7.88. The van der Waals surface area contributed by atoms with Crippen LogP contribution in [0.25, 0.3) is 0 Å². The Bertz CT molecular complexity index is 1280. The number of nitrogens with one attached hydrogen (secondary N) is 2. The Hall–Kier alpha value is -3.39. The van der Waals surface area contributed by atoms with Crippen LogP contribution in [0.3, 0.4) is 0 Å². The number of amides is 3. The fourth-order valence-corrected chi connectivity index (χ4v) is 6.97. The molecule has 1 saturated carbocycles. The third kappa shape index (κ3) is 9.81. The molecule has 1 aromatic rings. The highest BCUT2D eigenvalue weighted by atomic mass is 32.2. The third-order valence-corrected chi connectivity index (χ3v) is 9.92. The number of carbonyl (C=O) groups excluding carboxylic acids is 3. The van der Waals surface area contributed by atoms with Crippen molar-refractivity contribution >= 4 is 33.9 Å². The summed E-state index contributed by atoms with van der Waals surface area (Å²) in [5.74, 6) is -1.25. The number of carbonyl (C=O) groups is 4. The van der Waals surface area contributed by atoms with Crippen molar-refractivity contribution in [2.75, 3.05) is 32.5 Å². The SMILES string of the molecule is CS(=O)(=O)N1CCC(OC(=O)NC(CC2CCCCC2)C(=O)NC(CCC(=O)N2CCOc3ccccc3C2)C(=O)O)CC1. The first-order valence-corrected chi connectivity index (χ1v) is 17.3. The number of sulfonamides is 1. The van der Waals surface area contributed by atoms with Gasteiger partial charge in [-0.05, 0) is 37.7 Å². The minimum absolute atomic E-state index is 0.0889. The average Bonchev–Trinajstić information content (AvgIpc) is 3.21. The molecular formula is C30H44N4O9S. The van der Waals surface area contributed by atoms with Crippen LogP contribution in [-0.4, -0.2) is 97.3 Å². The maximum absolute atomic E-state index is 13.4. The van der Waals surface area contributed by atoms with Crippen molar-refractivity contribution in [2.24, 2.45) is 5.92 Å². The first-order chi connectivity index (χ1) is 21.0. The topological polar surface area (TPSA) is 172 Å².